The molecule has 1 fully saturated rings. The molecule has 0 bridgehead atoms. The van der Waals surface area contributed by atoms with E-state index >= 15 is 0 Å². The predicted octanol–water partition coefficient (Wildman–Crippen LogP) is 4.63. The first-order valence-corrected chi connectivity index (χ1v) is 12.4. The molecular formula is C28H35N5O. The lowest BCUT2D eigenvalue weighted by molar-refractivity contribution is 0.145. The monoisotopic (exact) mass is 457 g/mol. The average molecular weight is 458 g/mol. The summed E-state index contributed by atoms with van der Waals surface area (Å²) in [6.45, 7) is 2.84. The molecule has 0 saturated carbocycles. The van der Waals surface area contributed by atoms with Crippen LogP contribution in [0, 0.1) is 5.92 Å². The number of H-pyrrole nitrogens is 1. The second-order valence-electron chi connectivity index (χ2n) is 9.35. The second-order valence-corrected chi connectivity index (χ2v) is 9.35. The lowest BCUT2D eigenvalue weighted by Gasteiger charge is -2.36. The number of piperidine rings is 1. The van der Waals surface area contributed by atoms with Crippen LogP contribution in [0.4, 0.5) is 0 Å². The van der Waals surface area contributed by atoms with E-state index in [-0.39, 0.29) is 6.04 Å². The number of nitrogens with zero attached hydrogens (tertiary/aromatic N) is 2. The van der Waals surface area contributed by atoms with E-state index in [4.69, 9.17) is 4.74 Å². The van der Waals surface area contributed by atoms with Crippen LogP contribution < -0.4 is 10.6 Å². The molecule has 3 heterocycles. The number of fused-ring (bicyclic) bond motifs is 1. The molecule has 6 heteroatoms. The molecule has 6 nitrogen and oxygen atoms in total. The van der Waals surface area contributed by atoms with Crippen molar-refractivity contribution in [3.8, 4) is 5.69 Å². The molecule has 0 radical (unpaired) electrons. The molecule has 3 N–H and O–H groups in total. The zero-order valence-electron chi connectivity index (χ0n) is 19.9. The Morgan fingerprint density at radius 2 is 2.12 bits per heavy atom. The Morgan fingerprint density at radius 3 is 2.94 bits per heavy atom. The summed E-state index contributed by atoms with van der Waals surface area (Å²) in [5, 5.41) is 8.87. The van der Waals surface area contributed by atoms with Gasteiger partial charge in [-0.3, -0.25) is 0 Å². The molecule has 2 aromatic carbocycles. The zero-order chi connectivity index (χ0) is 23.2. The van der Waals surface area contributed by atoms with Gasteiger partial charge in [0, 0.05) is 48.3 Å². The second kappa shape index (κ2) is 11.0. The van der Waals surface area contributed by atoms with E-state index in [1.807, 2.05) is 18.7 Å². The van der Waals surface area contributed by atoms with Gasteiger partial charge in [0.1, 0.15) is 0 Å². The van der Waals surface area contributed by atoms with E-state index in [9.17, 15) is 0 Å². The highest BCUT2D eigenvalue weighted by Gasteiger charge is 2.27. The molecular weight excluding hydrogens is 422 g/mol. The Kier molecular flexibility index (Phi) is 7.39. The number of benzene rings is 2. The van der Waals surface area contributed by atoms with Gasteiger partial charge in [-0.1, -0.05) is 30.3 Å². The number of rotatable bonds is 10. The maximum absolute atomic E-state index is 5.56. The lowest BCUT2D eigenvalue weighted by Crippen LogP contribution is -2.49. The molecule has 1 aliphatic heterocycles. The number of imidazole rings is 1. The topological polar surface area (TPSA) is 66.9 Å². The third kappa shape index (κ3) is 5.25. The first-order chi connectivity index (χ1) is 16.8. The summed E-state index contributed by atoms with van der Waals surface area (Å²) in [5.74, 6) is 0.614. The van der Waals surface area contributed by atoms with E-state index in [0.29, 0.717) is 18.6 Å². The Bertz CT molecular complexity index is 1150. The van der Waals surface area contributed by atoms with Gasteiger partial charge in [0.05, 0.1) is 19.0 Å². The van der Waals surface area contributed by atoms with Crippen LogP contribution in [0.2, 0.25) is 0 Å². The minimum Gasteiger partial charge on any atom is -0.383 e. The van der Waals surface area contributed by atoms with Gasteiger partial charge in [0.15, 0.2) is 0 Å². The van der Waals surface area contributed by atoms with Crippen molar-refractivity contribution in [1.29, 1.82) is 0 Å². The van der Waals surface area contributed by atoms with E-state index in [1.165, 1.54) is 34.9 Å². The molecule has 3 atom stereocenters. The molecule has 0 spiro atoms. The van der Waals surface area contributed by atoms with Crippen molar-refractivity contribution in [2.75, 3.05) is 26.8 Å². The minimum atomic E-state index is 0.229. The number of aromatic amines is 1. The van der Waals surface area contributed by atoms with Crippen LogP contribution in [-0.2, 0) is 11.2 Å². The van der Waals surface area contributed by atoms with Crippen LogP contribution in [-0.4, -0.2) is 47.4 Å². The van der Waals surface area contributed by atoms with Crippen molar-refractivity contribution in [3.05, 3.63) is 84.6 Å². The van der Waals surface area contributed by atoms with Gasteiger partial charge in [-0.05, 0) is 74.0 Å². The molecule has 5 rings (SSSR count). The summed E-state index contributed by atoms with van der Waals surface area (Å²) in [4.78, 5) is 7.64. The fourth-order valence-corrected chi connectivity index (χ4v) is 5.30. The number of aryl methyl sites for hydroxylation is 1. The van der Waals surface area contributed by atoms with Gasteiger partial charge >= 0.3 is 0 Å². The summed E-state index contributed by atoms with van der Waals surface area (Å²) in [7, 11) is 1.79. The number of aromatic nitrogens is 3. The van der Waals surface area contributed by atoms with E-state index in [1.54, 1.807) is 7.11 Å². The number of hydrogen-bond acceptors (Lipinski definition) is 4. The van der Waals surface area contributed by atoms with Crippen molar-refractivity contribution in [2.45, 2.75) is 37.8 Å². The highest BCUT2D eigenvalue weighted by atomic mass is 16.5. The normalized spacial score (nSPS) is 19.4. The molecule has 1 aliphatic rings. The third-order valence-electron chi connectivity index (χ3n) is 7.13. The number of hydrogen-bond donors (Lipinski definition) is 3. The van der Waals surface area contributed by atoms with Gasteiger partial charge in [-0.25, -0.2) is 4.98 Å². The van der Waals surface area contributed by atoms with Crippen molar-refractivity contribution in [3.63, 3.8) is 0 Å². The first kappa shape index (κ1) is 22.8. The van der Waals surface area contributed by atoms with Gasteiger partial charge in [-0.15, -0.1) is 0 Å². The van der Waals surface area contributed by atoms with E-state index in [0.717, 1.165) is 31.6 Å². The summed E-state index contributed by atoms with van der Waals surface area (Å²) < 4.78 is 7.61. The van der Waals surface area contributed by atoms with Crippen LogP contribution in [0.15, 0.2) is 73.4 Å². The Labute approximate surface area is 201 Å². The van der Waals surface area contributed by atoms with Crippen LogP contribution in [0.25, 0.3) is 16.6 Å². The van der Waals surface area contributed by atoms with Crippen LogP contribution in [0.1, 0.15) is 36.4 Å². The third-order valence-corrected chi connectivity index (χ3v) is 7.13. The summed E-state index contributed by atoms with van der Waals surface area (Å²) in [6, 6.07) is 18.0. The van der Waals surface area contributed by atoms with Crippen LogP contribution in [0.5, 0.6) is 0 Å². The molecule has 0 aliphatic carbocycles. The summed E-state index contributed by atoms with van der Waals surface area (Å²) in [5.41, 5.74) is 5.04. The quantitative estimate of drug-likeness (QED) is 0.325. The fourth-order valence-electron chi connectivity index (χ4n) is 5.30. The number of methoxy groups -OCH3 is 1. The Morgan fingerprint density at radius 1 is 1.21 bits per heavy atom. The fraction of sp³-hybridized carbons (Fsp3) is 0.393. The minimum absolute atomic E-state index is 0.229. The molecule has 178 valence electrons. The maximum Gasteiger partial charge on any atom is 0.0991 e. The van der Waals surface area contributed by atoms with Crippen molar-refractivity contribution in [2.24, 2.45) is 5.92 Å². The standard InChI is InChI=1S/C28H35N5O/c1-34-19-28(21-6-3-2-4-7-21)32-26-12-13-29-17-23(26)9-5-8-22-18-31-27-11-10-24(16-25(22)27)33-15-14-30-20-33/h2-4,6-7,10-11,14-16,18,20,23,26,28-29,31-32H,5,8-9,12-13,17,19H2,1H3/t23?,26-,28?/m1/s1. The van der Waals surface area contributed by atoms with E-state index in [2.05, 4.69) is 79.9 Å². The summed E-state index contributed by atoms with van der Waals surface area (Å²) >= 11 is 0. The van der Waals surface area contributed by atoms with Crippen LogP contribution in [0.3, 0.4) is 0 Å². The SMILES string of the molecule is COCC(N[C@@H]1CCNCC1CCCc1c[nH]c2ccc(-n3ccnc3)cc12)c1ccccc1. The van der Waals surface area contributed by atoms with Crippen molar-refractivity contribution in [1.82, 2.24) is 25.2 Å². The van der Waals surface area contributed by atoms with E-state index < -0.39 is 0 Å². The molecule has 0 amide bonds. The highest BCUT2D eigenvalue weighted by Crippen LogP contribution is 2.26. The first-order valence-electron chi connectivity index (χ1n) is 12.4. The lowest BCUT2D eigenvalue weighted by atomic mass is 9.87. The average Bonchev–Trinajstić information content (AvgIpc) is 3.56. The number of nitrogens with one attached hydrogen (secondary N) is 3. The van der Waals surface area contributed by atoms with Gasteiger partial charge in [0.2, 0.25) is 0 Å². The van der Waals surface area contributed by atoms with Gasteiger partial charge in [-0.2, -0.15) is 0 Å². The predicted molar refractivity (Wildman–Crippen MR) is 137 cm³/mol. The Balaban J connectivity index is 1.23. The van der Waals surface area contributed by atoms with Gasteiger partial charge in [0.25, 0.3) is 0 Å². The van der Waals surface area contributed by atoms with Crippen LogP contribution >= 0.6 is 0 Å². The molecule has 2 unspecified atom stereocenters. The maximum atomic E-state index is 5.56. The largest absolute Gasteiger partial charge is 0.383 e. The molecule has 4 aromatic rings. The zero-order valence-corrected chi connectivity index (χ0v) is 19.9. The molecule has 2 aromatic heterocycles. The molecule has 1 saturated heterocycles. The highest BCUT2D eigenvalue weighted by molar-refractivity contribution is 5.85. The molecule has 34 heavy (non-hydrogen) atoms. The summed E-state index contributed by atoms with van der Waals surface area (Å²) in [6.07, 6.45) is 12.4. The van der Waals surface area contributed by atoms with Crippen molar-refractivity contribution >= 4 is 10.9 Å². The van der Waals surface area contributed by atoms with Crippen molar-refractivity contribution < 1.29 is 4.74 Å². The smallest absolute Gasteiger partial charge is 0.0991 e. The number of ether oxygens (including phenoxy) is 1. The van der Waals surface area contributed by atoms with Gasteiger partial charge < -0.3 is 24.9 Å². The Hall–Kier alpha value is -2.93.